The van der Waals surface area contributed by atoms with Crippen molar-refractivity contribution in [1.29, 1.82) is 0 Å². The molecule has 0 aromatic heterocycles. The molecule has 0 aromatic carbocycles. The highest BCUT2D eigenvalue weighted by atomic mass is 16.5. The van der Waals surface area contributed by atoms with E-state index in [-0.39, 0.29) is 11.9 Å². The molecule has 0 aliphatic heterocycles. The summed E-state index contributed by atoms with van der Waals surface area (Å²) >= 11 is 0. The number of hydrogen-bond donors (Lipinski definition) is 0. The van der Waals surface area contributed by atoms with Crippen LogP contribution < -0.4 is 0 Å². The Labute approximate surface area is 79.4 Å². The third-order valence-electron chi connectivity index (χ3n) is 2.15. The Morgan fingerprint density at radius 3 is 2.85 bits per heavy atom. The molecule has 1 aliphatic carbocycles. The minimum Gasteiger partial charge on any atom is -0.435 e. The van der Waals surface area contributed by atoms with Crippen LogP contribution in [0.15, 0.2) is 12.3 Å². The van der Waals surface area contributed by atoms with Crippen LogP contribution in [0, 0.1) is 11.8 Å². The summed E-state index contributed by atoms with van der Waals surface area (Å²) in [5.74, 6) is 0.566. The number of carbonyl (C=O) groups is 1. The lowest BCUT2D eigenvalue weighted by atomic mass is 10.3. The summed E-state index contributed by atoms with van der Waals surface area (Å²) in [5, 5.41) is 0. The molecule has 3 nitrogen and oxygen atoms in total. The van der Waals surface area contributed by atoms with Crippen molar-refractivity contribution in [3.05, 3.63) is 12.3 Å². The van der Waals surface area contributed by atoms with Gasteiger partial charge in [-0.1, -0.05) is 6.08 Å². The van der Waals surface area contributed by atoms with Crippen molar-refractivity contribution in [1.82, 2.24) is 4.90 Å². The van der Waals surface area contributed by atoms with Gasteiger partial charge in [-0.15, -0.1) is 0 Å². The molecular weight excluding hydrogens is 166 g/mol. The summed E-state index contributed by atoms with van der Waals surface area (Å²) in [4.78, 5) is 13.4. The van der Waals surface area contributed by atoms with Crippen molar-refractivity contribution in [3.8, 4) is 0 Å². The number of nitrogens with zero attached hydrogens (tertiary/aromatic N) is 1. The third-order valence-corrected chi connectivity index (χ3v) is 2.15. The maximum absolute atomic E-state index is 11.3. The number of carbonyl (C=O) groups excluding carboxylic acids is 1. The minimum atomic E-state index is -0.0787. The van der Waals surface area contributed by atoms with E-state index < -0.39 is 0 Å². The van der Waals surface area contributed by atoms with Crippen molar-refractivity contribution < 1.29 is 9.53 Å². The Bertz CT molecular complexity index is 211. The van der Waals surface area contributed by atoms with Crippen LogP contribution in [0.1, 0.15) is 13.3 Å². The first-order valence-corrected chi connectivity index (χ1v) is 4.61. The molecule has 0 saturated heterocycles. The van der Waals surface area contributed by atoms with Gasteiger partial charge in [-0.05, 0) is 33.4 Å². The summed E-state index contributed by atoms with van der Waals surface area (Å²) in [5.41, 5.74) is 0. The first kappa shape index (κ1) is 10.3. The molecule has 2 unspecified atom stereocenters. The first-order chi connectivity index (χ1) is 6.15. The lowest BCUT2D eigenvalue weighted by Crippen LogP contribution is -2.17. The highest BCUT2D eigenvalue weighted by Crippen LogP contribution is 2.39. The molecule has 1 saturated carbocycles. The van der Waals surface area contributed by atoms with Crippen LogP contribution in [-0.4, -0.2) is 31.5 Å². The lowest BCUT2D eigenvalue weighted by molar-refractivity contribution is -0.139. The molecule has 0 bridgehead atoms. The molecule has 1 fully saturated rings. The van der Waals surface area contributed by atoms with Crippen LogP contribution >= 0.6 is 0 Å². The first-order valence-electron chi connectivity index (χ1n) is 4.61. The van der Waals surface area contributed by atoms with E-state index in [2.05, 4.69) is 4.90 Å². The van der Waals surface area contributed by atoms with Gasteiger partial charge < -0.3 is 9.64 Å². The van der Waals surface area contributed by atoms with Crippen molar-refractivity contribution in [2.24, 2.45) is 11.8 Å². The highest BCUT2D eigenvalue weighted by Gasteiger charge is 2.44. The van der Waals surface area contributed by atoms with E-state index >= 15 is 0 Å². The fourth-order valence-corrected chi connectivity index (χ4v) is 1.43. The number of hydrogen-bond acceptors (Lipinski definition) is 3. The van der Waals surface area contributed by atoms with Crippen LogP contribution in [-0.2, 0) is 9.53 Å². The Kier molecular flexibility index (Phi) is 3.48. The Morgan fingerprint density at radius 2 is 2.31 bits per heavy atom. The molecule has 0 amide bonds. The summed E-state index contributed by atoms with van der Waals surface area (Å²) in [6.45, 7) is 2.81. The molecule has 13 heavy (non-hydrogen) atoms. The molecule has 0 aromatic rings. The second-order valence-electron chi connectivity index (χ2n) is 3.77. The summed E-state index contributed by atoms with van der Waals surface area (Å²) in [6, 6.07) is 0. The molecule has 0 N–H and O–H groups in total. The van der Waals surface area contributed by atoms with Crippen LogP contribution in [0.5, 0.6) is 0 Å². The number of esters is 1. The normalized spacial score (nSPS) is 26.8. The second-order valence-corrected chi connectivity index (χ2v) is 3.77. The second kappa shape index (κ2) is 4.42. The minimum absolute atomic E-state index is 0.0787. The monoisotopic (exact) mass is 183 g/mol. The molecule has 0 spiro atoms. The van der Waals surface area contributed by atoms with Gasteiger partial charge in [-0.2, -0.15) is 0 Å². The fourth-order valence-electron chi connectivity index (χ4n) is 1.43. The quantitative estimate of drug-likeness (QED) is 0.485. The van der Waals surface area contributed by atoms with Crippen LogP contribution in [0.25, 0.3) is 0 Å². The van der Waals surface area contributed by atoms with E-state index in [9.17, 15) is 4.79 Å². The SMILES string of the molecule is C/C=C/OC(=O)C1CC1CN(C)C. The molecule has 1 rings (SSSR count). The highest BCUT2D eigenvalue weighted by molar-refractivity contribution is 5.76. The van der Waals surface area contributed by atoms with E-state index in [1.807, 2.05) is 21.0 Å². The van der Waals surface area contributed by atoms with Gasteiger partial charge in [-0.3, -0.25) is 4.79 Å². The lowest BCUT2D eigenvalue weighted by Gasteiger charge is -2.07. The molecular formula is C10H17NO2. The van der Waals surface area contributed by atoms with Crippen LogP contribution in [0.4, 0.5) is 0 Å². The van der Waals surface area contributed by atoms with Gasteiger partial charge in [0.25, 0.3) is 0 Å². The van der Waals surface area contributed by atoms with Gasteiger partial charge >= 0.3 is 5.97 Å². The molecule has 1 aliphatic rings. The molecule has 3 heteroatoms. The van der Waals surface area contributed by atoms with E-state index in [0.717, 1.165) is 13.0 Å². The topological polar surface area (TPSA) is 29.5 Å². The fraction of sp³-hybridized carbons (Fsp3) is 0.700. The predicted octanol–water partition coefficient (Wildman–Crippen LogP) is 1.26. The maximum atomic E-state index is 11.3. The van der Waals surface area contributed by atoms with E-state index in [1.54, 1.807) is 6.08 Å². The predicted molar refractivity (Wildman–Crippen MR) is 51.1 cm³/mol. The zero-order valence-electron chi connectivity index (χ0n) is 8.49. The zero-order valence-corrected chi connectivity index (χ0v) is 8.49. The van der Waals surface area contributed by atoms with Crippen molar-refractivity contribution in [2.45, 2.75) is 13.3 Å². The van der Waals surface area contributed by atoms with E-state index in [4.69, 9.17) is 4.74 Å². The van der Waals surface area contributed by atoms with Crippen molar-refractivity contribution in [3.63, 3.8) is 0 Å². The zero-order chi connectivity index (χ0) is 9.84. The van der Waals surface area contributed by atoms with Crippen LogP contribution in [0.3, 0.4) is 0 Å². The number of allylic oxidation sites excluding steroid dienone is 1. The third kappa shape index (κ3) is 3.19. The Balaban J connectivity index is 2.22. The van der Waals surface area contributed by atoms with Gasteiger partial charge in [0.1, 0.15) is 0 Å². The summed E-state index contributed by atoms with van der Waals surface area (Å²) in [6.07, 6.45) is 4.16. The van der Waals surface area contributed by atoms with E-state index in [1.165, 1.54) is 6.26 Å². The van der Waals surface area contributed by atoms with Crippen molar-refractivity contribution >= 4 is 5.97 Å². The van der Waals surface area contributed by atoms with Crippen LogP contribution in [0.2, 0.25) is 0 Å². The van der Waals surface area contributed by atoms with Gasteiger partial charge in [-0.25, -0.2) is 0 Å². The molecule has 74 valence electrons. The number of rotatable bonds is 4. The molecule has 0 radical (unpaired) electrons. The standard InChI is InChI=1S/C10H17NO2/c1-4-5-13-10(12)9-6-8(9)7-11(2)3/h4-5,8-9H,6-7H2,1-3H3/b5-4+. The van der Waals surface area contributed by atoms with Gasteiger partial charge in [0.15, 0.2) is 0 Å². The average Bonchev–Trinajstić information content (AvgIpc) is 2.78. The molecule has 0 heterocycles. The summed E-state index contributed by atoms with van der Waals surface area (Å²) < 4.78 is 4.89. The van der Waals surface area contributed by atoms with Crippen molar-refractivity contribution in [2.75, 3.05) is 20.6 Å². The largest absolute Gasteiger partial charge is 0.435 e. The summed E-state index contributed by atoms with van der Waals surface area (Å²) in [7, 11) is 4.04. The smallest absolute Gasteiger partial charge is 0.314 e. The van der Waals surface area contributed by atoms with E-state index in [0.29, 0.717) is 5.92 Å². The maximum Gasteiger partial charge on any atom is 0.314 e. The number of ether oxygens (including phenoxy) is 1. The van der Waals surface area contributed by atoms with Gasteiger partial charge in [0.2, 0.25) is 0 Å². The Hall–Kier alpha value is -0.830. The Morgan fingerprint density at radius 1 is 1.62 bits per heavy atom. The average molecular weight is 183 g/mol. The van der Waals surface area contributed by atoms with Gasteiger partial charge in [0, 0.05) is 6.54 Å². The van der Waals surface area contributed by atoms with Gasteiger partial charge in [0.05, 0.1) is 12.2 Å². The molecule has 2 atom stereocenters.